The van der Waals surface area contributed by atoms with Crippen LogP contribution < -0.4 is 5.73 Å². The summed E-state index contributed by atoms with van der Waals surface area (Å²) in [4.78, 5) is 0. The zero-order valence-electron chi connectivity index (χ0n) is 7.25. The Bertz CT molecular complexity index is 525. The van der Waals surface area contributed by atoms with Crippen molar-refractivity contribution in [1.29, 1.82) is 5.26 Å². The highest BCUT2D eigenvalue weighted by Crippen LogP contribution is 2.39. The molecule has 1 aromatic heterocycles. The molecule has 1 heterocycles. The highest BCUT2D eigenvalue weighted by molar-refractivity contribution is 7.23. The molecule has 2 N–H and O–H groups in total. The fourth-order valence-corrected chi connectivity index (χ4v) is 2.69. The Kier molecular flexibility index (Phi) is 2.32. The Morgan fingerprint density at radius 1 is 1.50 bits per heavy atom. The molecular formula is C10H7ClN2S. The summed E-state index contributed by atoms with van der Waals surface area (Å²) in [7, 11) is 0. The molecule has 2 aromatic rings. The van der Waals surface area contributed by atoms with Gasteiger partial charge in [0.05, 0.1) is 17.5 Å². The molecule has 0 bridgehead atoms. The van der Waals surface area contributed by atoms with E-state index in [4.69, 9.17) is 22.6 Å². The van der Waals surface area contributed by atoms with E-state index in [0.717, 1.165) is 15.6 Å². The quantitative estimate of drug-likeness (QED) is 0.806. The molecule has 2 nitrogen and oxygen atoms in total. The van der Waals surface area contributed by atoms with Crippen LogP contribution in [0.1, 0.15) is 5.56 Å². The number of hydrogen-bond acceptors (Lipinski definition) is 3. The number of nitrogens with zero attached hydrogens (tertiary/aromatic N) is 1. The first-order chi connectivity index (χ1) is 6.74. The van der Waals surface area contributed by atoms with Gasteiger partial charge in [-0.05, 0) is 5.56 Å². The van der Waals surface area contributed by atoms with E-state index < -0.39 is 0 Å². The molecule has 0 unspecified atom stereocenters. The van der Waals surface area contributed by atoms with Crippen LogP contribution in [0, 0.1) is 11.3 Å². The molecule has 0 saturated carbocycles. The van der Waals surface area contributed by atoms with Crippen molar-refractivity contribution in [2.45, 2.75) is 6.42 Å². The van der Waals surface area contributed by atoms with Gasteiger partial charge in [-0.1, -0.05) is 29.8 Å². The molecule has 0 atom stereocenters. The highest BCUT2D eigenvalue weighted by atomic mass is 35.5. The summed E-state index contributed by atoms with van der Waals surface area (Å²) in [6, 6.07) is 7.87. The second kappa shape index (κ2) is 3.49. The van der Waals surface area contributed by atoms with E-state index in [2.05, 4.69) is 6.07 Å². The first-order valence-electron chi connectivity index (χ1n) is 4.06. The van der Waals surface area contributed by atoms with Gasteiger partial charge in [-0.3, -0.25) is 0 Å². The van der Waals surface area contributed by atoms with Gasteiger partial charge in [0.2, 0.25) is 0 Å². The minimum absolute atomic E-state index is 0.396. The van der Waals surface area contributed by atoms with Gasteiger partial charge in [0, 0.05) is 10.1 Å². The number of benzene rings is 1. The number of fused-ring (bicyclic) bond motifs is 1. The number of nitrogens with two attached hydrogens (primary N) is 1. The fourth-order valence-electron chi connectivity index (χ4n) is 1.39. The summed E-state index contributed by atoms with van der Waals surface area (Å²) in [5.74, 6) is 0. The molecule has 0 fully saturated rings. The molecule has 70 valence electrons. The van der Waals surface area contributed by atoms with Gasteiger partial charge in [-0.2, -0.15) is 5.26 Å². The van der Waals surface area contributed by atoms with Gasteiger partial charge in [0.25, 0.3) is 0 Å². The average molecular weight is 223 g/mol. The van der Waals surface area contributed by atoms with Crippen molar-refractivity contribution in [3.05, 3.63) is 28.8 Å². The van der Waals surface area contributed by atoms with Crippen LogP contribution in [0.25, 0.3) is 10.1 Å². The molecular weight excluding hydrogens is 216 g/mol. The minimum atomic E-state index is 0.396. The van der Waals surface area contributed by atoms with Crippen molar-refractivity contribution in [3.63, 3.8) is 0 Å². The van der Waals surface area contributed by atoms with Crippen molar-refractivity contribution in [2.24, 2.45) is 0 Å². The standard InChI is InChI=1S/C10H7ClN2S/c11-8-7-3-1-2-6(4-5-12)9(7)14-10(8)13/h1-3H,4,13H2. The SMILES string of the molecule is N#CCc1cccc2c(Cl)c(N)sc12. The van der Waals surface area contributed by atoms with Gasteiger partial charge >= 0.3 is 0 Å². The van der Waals surface area contributed by atoms with E-state index >= 15 is 0 Å². The highest BCUT2D eigenvalue weighted by Gasteiger charge is 2.09. The molecule has 0 radical (unpaired) electrons. The first-order valence-corrected chi connectivity index (χ1v) is 5.26. The molecule has 0 aliphatic rings. The number of hydrogen-bond donors (Lipinski definition) is 1. The van der Waals surface area contributed by atoms with E-state index in [1.807, 2.05) is 18.2 Å². The maximum absolute atomic E-state index is 8.65. The lowest BCUT2D eigenvalue weighted by atomic mass is 10.1. The normalized spacial score (nSPS) is 10.3. The third kappa shape index (κ3) is 1.33. The first kappa shape index (κ1) is 9.32. The molecule has 14 heavy (non-hydrogen) atoms. The smallest absolute Gasteiger partial charge is 0.106 e. The monoisotopic (exact) mass is 222 g/mol. The third-order valence-corrected chi connectivity index (χ3v) is 3.66. The lowest BCUT2D eigenvalue weighted by molar-refractivity contribution is 1.29. The second-order valence-electron chi connectivity index (χ2n) is 2.91. The van der Waals surface area contributed by atoms with Gasteiger partial charge in [0.15, 0.2) is 0 Å². The molecule has 0 aliphatic heterocycles. The third-order valence-electron chi connectivity index (χ3n) is 2.03. The van der Waals surface area contributed by atoms with Gasteiger partial charge in [-0.15, -0.1) is 11.3 Å². The van der Waals surface area contributed by atoms with Crippen LogP contribution in [0.2, 0.25) is 5.02 Å². The zero-order chi connectivity index (χ0) is 10.1. The lowest BCUT2D eigenvalue weighted by Gasteiger charge is -1.95. The summed E-state index contributed by atoms with van der Waals surface area (Å²) in [5.41, 5.74) is 6.72. The van der Waals surface area contributed by atoms with E-state index in [-0.39, 0.29) is 0 Å². The van der Waals surface area contributed by atoms with E-state index in [1.54, 1.807) is 0 Å². The molecule has 0 spiro atoms. The van der Waals surface area contributed by atoms with Crippen molar-refractivity contribution < 1.29 is 0 Å². The van der Waals surface area contributed by atoms with E-state index in [1.165, 1.54) is 11.3 Å². The largest absolute Gasteiger partial charge is 0.389 e. The number of nitrogen functional groups attached to an aromatic ring is 1. The maximum atomic E-state index is 8.65. The summed E-state index contributed by atoms with van der Waals surface area (Å²) in [6.45, 7) is 0. The summed E-state index contributed by atoms with van der Waals surface area (Å²) < 4.78 is 1.02. The predicted molar refractivity (Wildman–Crippen MR) is 60.6 cm³/mol. The number of nitriles is 1. The second-order valence-corrected chi connectivity index (χ2v) is 4.34. The van der Waals surface area contributed by atoms with Crippen LogP contribution in [0.15, 0.2) is 18.2 Å². The van der Waals surface area contributed by atoms with Gasteiger partial charge in [0.1, 0.15) is 5.00 Å². The molecule has 4 heteroatoms. The number of anilines is 1. The number of rotatable bonds is 1. The Balaban J connectivity index is 2.76. The number of thiophene rings is 1. The molecule has 2 rings (SSSR count). The lowest BCUT2D eigenvalue weighted by Crippen LogP contribution is -1.79. The van der Waals surface area contributed by atoms with E-state index in [0.29, 0.717) is 16.4 Å². The average Bonchev–Trinajstić information content (AvgIpc) is 2.46. The maximum Gasteiger partial charge on any atom is 0.106 e. The molecule has 1 aromatic carbocycles. The van der Waals surface area contributed by atoms with Crippen molar-refractivity contribution in [3.8, 4) is 6.07 Å². The van der Waals surface area contributed by atoms with Crippen molar-refractivity contribution in [1.82, 2.24) is 0 Å². The van der Waals surface area contributed by atoms with Crippen LogP contribution in [0.4, 0.5) is 5.00 Å². The Hall–Kier alpha value is -1.24. The van der Waals surface area contributed by atoms with Gasteiger partial charge < -0.3 is 5.73 Å². The van der Waals surface area contributed by atoms with Gasteiger partial charge in [-0.25, -0.2) is 0 Å². The van der Waals surface area contributed by atoms with Crippen LogP contribution >= 0.6 is 22.9 Å². The summed E-state index contributed by atoms with van der Waals surface area (Å²) >= 11 is 7.46. The Morgan fingerprint density at radius 2 is 2.29 bits per heavy atom. The topological polar surface area (TPSA) is 49.8 Å². The molecule has 0 saturated heterocycles. The Labute approximate surface area is 90.5 Å². The van der Waals surface area contributed by atoms with Crippen LogP contribution in [-0.2, 0) is 6.42 Å². The molecule has 0 aliphatic carbocycles. The van der Waals surface area contributed by atoms with E-state index in [9.17, 15) is 0 Å². The van der Waals surface area contributed by atoms with Crippen LogP contribution in [0.3, 0.4) is 0 Å². The zero-order valence-corrected chi connectivity index (χ0v) is 8.82. The predicted octanol–water partition coefficient (Wildman–Crippen LogP) is 3.20. The minimum Gasteiger partial charge on any atom is -0.389 e. The van der Waals surface area contributed by atoms with Crippen LogP contribution in [-0.4, -0.2) is 0 Å². The summed E-state index contributed by atoms with van der Waals surface area (Å²) in [6.07, 6.45) is 0.396. The summed E-state index contributed by atoms with van der Waals surface area (Å²) in [5, 5.41) is 10.8. The number of halogens is 1. The van der Waals surface area contributed by atoms with Crippen LogP contribution in [0.5, 0.6) is 0 Å². The molecule has 0 amide bonds. The Morgan fingerprint density at radius 3 is 3.00 bits per heavy atom. The fraction of sp³-hybridized carbons (Fsp3) is 0.100. The van der Waals surface area contributed by atoms with Crippen molar-refractivity contribution >= 4 is 38.0 Å². The van der Waals surface area contributed by atoms with Crippen molar-refractivity contribution in [2.75, 3.05) is 5.73 Å².